The number of esters is 1. The molecule has 7 nitrogen and oxygen atoms in total. The molecule has 0 radical (unpaired) electrons. The van der Waals surface area contributed by atoms with Gasteiger partial charge in [-0.25, -0.2) is 4.99 Å². The molecule has 1 N–H and O–H groups in total. The fourth-order valence-electron chi connectivity index (χ4n) is 3.24. The van der Waals surface area contributed by atoms with Crippen LogP contribution in [0.25, 0.3) is 0 Å². The summed E-state index contributed by atoms with van der Waals surface area (Å²) in [4.78, 5) is 18.6. The molecular weight excluding hydrogens is 370 g/mol. The van der Waals surface area contributed by atoms with Crippen molar-refractivity contribution in [1.82, 2.24) is 0 Å². The second-order valence-corrected chi connectivity index (χ2v) is 6.22. The zero-order valence-corrected chi connectivity index (χ0v) is 16.2. The van der Waals surface area contributed by atoms with E-state index in [1.165, 1.54) is 7.11 Å². The van der Waals surface area contributed by atoms with Gasteiger partial charge in [0.25, 0.3) is 5.95 Å². The van der Waals surface area contributed by atoms with E-state index in [4.69, 9.17) is 9.47 Å². The number of methoxy groups -OCH3 is 1. The van der Waals surface area contributed by atoms with E-state index in [0.717, 1.165) is 5.56 Å². The molecule has 1 aliphatic rings. The Morgan fingerprint density at radius 1 is 1.21 bits per heavy atom. The minimum atomic E-state index is -0.508. The molecule has 3 rings (SSSR count). The molecule has 0 aliphatic carbocycles. The zero-order chi connectivity index (χ0) is 20.8. The van der Waals surface area contributed by atoms with Crippen molar-refractivity contribution in [3.05, 3.63) is 71.7 Å². The Morgan fingerprint density at radius 2 is 1.90 bits per heavy atom. The molecule has 0 saturated carbocycles. The lowest BCUT2D eigenvalue weighted by Gasteiger charge is -2.37. The van der Waals surface area contributed by atoms with Crippen LogP contribution in [0.2, 0.25) is 0 Å². The van der Waals surface area contributed by atoms with Crippen LogP contribution < -0.4 is 4.90 Å². The first-order valence-electron chi connectivity index (χ1n) is 9.15. The highest BCUT2D eigenvalue weighted by atomic mass is 16.6. The van der Waals surface area contributed by atoms with Crippen LogP contribution >= 0.6 is 0 Å². The number of hydrogen-bond acceptors (Lipinski definition) is 7. The zero-order valence-electron chi connectivity index (χ0n) is 16.2. The van der Waals surface area contributed by atoms with E-state index in [-0.39, 0.29) is 24.4 Å². The molecular formula is C22H21N3O4. The van der Waals surface area contributed by atoms with Gasteiger partial charge in [0.2, 0.25) is 0 Å². The number of nitriles is 1. The molecule has 0 spiro atoms. The Bertz CT molecular complexity index is 993. The van der Waals surface area contributed by atoms with Crippen LogP contribution in [0.1, 0.15) is 24.9 Å². The van der Waals surface area contributed by atoms with Crippen molar-refractivity contribution in [2.24, 2.45) is 4.99 Å². The topological polar surface area (TPSA) is 95.2 Å². The Kier molecular flexibility index (Phi) is 6.15. The molecule has 0 fully saturated rings. The van der Waals surface area contributed by atoms with Crippen LogP contribution in [0.5, 0.6) is 0 Å². The molecule has 2 aromatic rings. The Balaban J connectivity index is 2.26. The summed E-state index contributed by atoms with van der Waals surface area (Å²) in [5, 5.41) is 20.1. The number of para-hydroxylation sites is 2. The molecule has 1 atom stereocenters. The van der Waals surface area contributed by atoms with Gasteiger partial charge in [-0.3, -0.25) is 4.79 Å². The van der Waals surface area contributed by atoms with Gasteiger partial charge in [0.1, 0.15) is 6.07 Å². The number of aliphatic imine (C=N–C) groups is 1. The largest absolute Gasteiger partial charge is 0.480 e. The number of aliphatic hydroxyl groups is 1. The molecule has 1 aliphatic heterocycles. The predicted octanol–water partition coefficient (Wildman–Crippen LogP) is 4.17. The van der Waals surface area contributed by atoms with Crippen LogP contribution in [0.3, 0.4) is 0 Å². The quantitative estimate of drug-likeness (QED) is 0.451. The van der Waals surface area contributed by atoms with Gasteiger partial charge in [0, 0.05) is 11.3 Å². The van der Waals surface area contributed by atoms with E-state index in [1.807, 2.05) is 54.6 Å². The Morgan fingerprint density at radius 3 is 2.55 bits per heavy atom. The van der Waals surface area contributed by atoms with Crippen LogP contribution in [-0.2, 0) is 14.3 Å². The maximum atomic E-state index is 12.2. The van der Waals surface area contributed by atoms with Crippen molar-refractivity contribution in [2.45, 2.75) is 19.4 Å². The maximum absolute atomic E-state index is 12.2. The summed E-state index contributed by atoms with van der Waals surface area (Å²) in [6, 6.07) is 18.1. The summed E-state index contributed by atoms with van der Waals surface area (Å²) in [6.45, 7) is 1.90. The summed E-state index contributed by atoms with van der Waals surface area (Å²) in [5.74, 6) is -0.702. The fourth-order valence-corrected chi connectivity index (χ4v) is 3.24. The van der Waals surface area contributed by atoms with Gasteiger partial charge < -0.3 is 19.5 Å². The number of hydrogen-bond donors (Lipinski definition) is 1. The van der Waals surface area contributed by atoms with Crippen molar-refractivity contribution in [3.63, 3.8) is 0 Å². The normalized spacial score (nSPS) is 16.1. The van der Waals surface area contributed by atoms with Crippen LogP contribution in [0, 0.1) is 11.3 Å². The van der Waals surface area contributed by atoms with Crippen LogP contribution in [0.4, 0.5) is 11.4 Å². The highest BCUT2D eigenvalue weighted by molar-refractivity contribution is 6.15. The Labute approximate surface area is 169 Å². The third kappa shape index (κ3) is 4.06. The van der Waals surface area contributed by atoms with Gasteiger partial charge in [0.15, 0.2) is 11.4 Å². The third-order valence-corrected chi connectivity index (χ3v) is 4.51. The van der Waals surface area contributed by atoms with Gasteiger partial charge in [-0.2, -0.15) is 5.26 Å². The second-order valence-electron chi connectivity index (χ2n) is 6.22. The molecule has 0 bridgehead atoms. The molecule has 0 amide bonds. The third-order valence-electron chi connectivity index (χ3n) is 4.51. The van der Waals surface area contributed by atoms with E-state index in [9.17, 15) is 15.2 Å². The molecule has 7 heteroatoms. The summed E-state index contributed by atoms with van der Waals surface area (Å²) < 4.78 is 10.1. The first-order chi connectivity index (χ1) is 14.1. The summed E-state index contributed by atoms with van der Waals surface area (Å²) in [6.07, 6.45) is 0.0372. The smallest absolute Gasteiger partial charge is 0.307 e. The average molecular weight is 391 g/mol. The van der Waals surface area contributed by atoms with Crippen LogP contribution in [-0.4, -0.2) is 30.6 Å². The lowest BCUT2D eigenvalue weighted by atomic mass is 9.96. The molecule has 1 unspecified atom stereocenters. The summed E-state index contributed by atoms with van der Waals surface area (Å²) in [7, 11) is 1.33. The summed E-state index contributed by atoms with van der Waals surface area (Å²) >= 11 is 0. The van der Waals surface area contributed by atoms with E-state index in [2.05, 4.69) is 4.99 Å². The lowest BCUT2D eigenvalue weighted by molar-refractivity contribution is -0.141. The maximum Gasteiger partial charge on any atom is 0.307 e. The number of anilines is 1. The number of carbonyl (C=O) groups excluding carboxylic acids is 1. The van der Waals surface area contributed by atoms with Gasteiger partial charge in [-0.05, 0) is 25.1 Å². The van der Waals surface area contributed by atoms with Crippen molar-refractivity contribution >= 4 is 23.2 Å². The number of carbonyl (C=O) groups is 1. The standard InChI is InChI=1S/C22H21N3O4/c1-3-29-22(27)17(14-23)21-24-18-12-8-7-11-16(18)19(13-20(26)28-2)25(21)15-9-5-4-6-10-15/h4-12,19,27H,3,13H2,1-2H3/b22-17+. The minimum absolute atomic E-state index is 0.0372. The van der Waals surface area contributed by atoms with Gasteiger partial charge in [-0.1, -0.05) is 36.4 Å². The average Bonchev–Trinajstić information content (AvgIpc) is 2.75. The number of rotatable bonds is 6. The number of fused-ring (bicyclic) bond motifs is 1. The molecule has 1 heterocycles. The number of benzene rings is 2. The van der Waals surface area contributed by atoms with Crippen LogP contribution in [0.15, 0.2) is 71.1 Å². The Hall–Kier alpha value is -3.79. The van der Waals surface area contributed by atoms with Gasteiger partial charge in [0.05, 0.1) is 31.9 Å². The van der Waals surface area contributed by atoms with Crippen molar-refractivity contribution in [1.29, 1.82) is 5.26 Å². The number of nitrogens with zero attached hydrogens (tertiary/aromatic N) is 3. The van der Waals surface area contributed by atoms with Gasteiger partial charge in [-0.15, -0.1) is 0 Å². The fraction of sp³-hybridized carbons (Fsp3) is 0.227. The molecule has 2 aromatic carbocycles. The highest BCUT2D eigenvalue weighted by Gasteiger charge is 2.36. The first-order valence-corrected chi connectivity index (χ1v) is 9.15. The minimum Gasteiger partial charge on any atom is -0.480 e. The molecule has 0 saturated heterocycles. The van der Waals surface area contributed by atoms with Crippen molar-refractivity contribution < 1.29 is 19.4 Å². The van der Waals surface area contributed by atoms with E-state index >= 15 is 0 Å². The second kappa shape index (κ2) is 8.93. The molecule has 0 aromatic heterocycles. The number of aliphatic hydroxyl groups excluding tert-OH is 1. The van der Waals surface area contributed by atoms with Crippen molar-refractivity contribution in [3.8, 4) is 6.07 Å². The molecule has 29 heavy (non-hydrogen) atoms. The van der Waals surface area contributed by atoms with E-state index in [0.29, 0.717) is 11.4 Å². The predicted molar refractivity (Wildman–Crippen MR) is 109 cm³/mol. The van der Waals surface area contributed by atoms with Gasteiger partial charge >= 0.3 is 5.97 Å². The lowest BCUT2D eigenvalue weighted by Crippen LogP contribution is -2.40. The van der Waals surface area contributed by atoms with E-state index < -0.39 is 18.0 Å². The highest BCUT2D eigenvalue weighted by Crippen LogP contribution is 2.41. The monoisotopic (exact) mass is 391 g/mol. The first kappa shape index (κ1) is 20.0. The van der Waals surface area contributed by atoms with Crippen molar-refractivity contribution in [2.75, 3.05) is 18.6 Å². The SMILES string of the molecule is CCO/C(O)=C(\C#N)C1=Nc2ccccc2C(CC(=O)OC)N1c1ccccc1. The number of amidine groups is 1. The molecule has 148 valence electrons. The number of ether oxygens (including phenoxy) is 2. The summed E-state index contributed by atoms with van der Waals surface area (Å²) in [5.41, 5.74) is 2.03. The van der Waals surface area contributed by atoms with E-state index in [1.54, 1.807) is 17.9 Å².